The minimum Gasteiger partial charge on any atom is -0.466 e. The molecule has 13 heavy (non-hydrogen) atoms. The fraction of sp³-hybridized carbons (Fsp3) is 0.900. The molecular formula is C10H22O3. The predicted molar refractivity (Wildman–Crippen MR) is 53.5 cm³/mol. The number of esters is 1. The summed E-state index contributed by atoms with van der Waals surface area (Å²) in [5.74, 6) is -0.338. The Labute approximate surface area is 81.1 Å². The first-order valence-corrected chi connectivity index (χ1v) is 4.99. The number of unbranched alkanes of at least 4 members (excludes halogenated alkanes) is 2. The molecule has 0 rings (SSSR count). The van der Waals surface area contributed by atoms with Crippen LogP contribution in [0.1, 0.15) is 46.5 Å². The average molecular weight is 190 g/mol. The van der Waals surface area contributed by atoms with E-state index < -0.39 is 0 Å². The highest BCUT2D eigenvalue weighted by atomic mass is 16.5. The van der Waals surface area contributed by atoms with Crippen LogP contribution >= 0.6 is 0 Å². The van der Waals surface area contributed by atoms with Gasteiger partial charge in [0.05, 0.1) is 19.6 Å². The summed E-state index contributed by atoms with van der Waals surface area (Å²) in [6.07, 6.45) is 4.18. The molecule has 80 valence electrons. The number of carbonyl (C=O) groups is 1. The second-order valence-electron chi connectivity index (χ2n) is 2.63. The predicted octanol–water partition coefficient (Wildman–Crippen LogP) is 2.13. The molecular weight excluding hydrogens is 168 g/mol. The molecule has 0 atom stereocenters. The third kappa shape index (κ3) is 18.4. The number of carbonyl (C=O) groups excluding carboxylic acids is 1. The molecule has 0 aliphatic rings. The molecule has 0 aliphatic heterocycles. The number of rotatable bonds is 5. The lowest BCUT2D eigenvalue weighted by atomic mass is 10.3. The zero-order valence-corrected chi connectivity index (χ0v) is 9.01. The monoisotopic (exact) mass is 190 g/mol. The summed E-state index contributed by atoms with van der Waals surface area (Å²) in [6, 6.07) is 0. The Hall–Kier alpha value is -0.570. The first-order valence-electron chi connectivity index (χ1n) is 4.99. The SMILES string of the molecule is CCCCC.CCOC(=O)CCO. The fourth-order valence-electron chi connectivity index (χ4n) is 0.678. The van der Waals surface area contributed by atoms with Crippen molar-refractivity contribution < 1.29 is 14.6 Å². The van der Waals surface area contributed by atoms with Crippen molar-refractivity contribution in [3.63, 3.8) is 0 Å². The van der Waals surface area contributed by atoms with Crippen LogP contribution < -0.4 is 0 Å². The Morgan fingerprint density at radius 1 is 1.23 bits per heavy atom. The minimum atomic E-state index is -0.338. The van der Waals surface area contributed by atoms with Crippen LogP contribution in [0, 0.1) is 0 Å². The van der Waals surface area contributed by atoms with Crippen molar-refractivity contribution in [2.24, 2.45) is 0 Å². The summed E-state index contributed by atoms with van der Waals surface area (Å²) in [7, 11) is 0. The van der Waals surface area contributed by atoms with Crippen LogP contribution in [0.2, 0.25) is 0 Å². The minimum absolute atomic E-state index is 0.105. The Morgan fingerprint density at radius 3 is 2.00 bits per heavy atom. The fourth-order valence-corrected chi connectivity index (χ4v) is 0.678. The Balaban J connectivity index is 0. The van der Waals surface area contributed by atoms with E-state index in [9.17, 15) is 4.79 Å². The molecule has 0 saturated heterocycles. The molecule has 0 amide bonds. The van der Waals surface area contributed by atoms with Crippen LogP contribution in [0.5, 0.6) is 0 Å². The summed E-state index contributed by atoms with van der Waals surface area (Å²) >= 11 is 0. The van der Waals surface area contributed by atoms with E-state index in [1.807, 2.05) is 0 Å². The molecule has 0 bridgehead atoms. The largest absolute Gasteiger partial charge is 0.466 e. The number of aliphatic hydroxyl groups is 1. The van der Waals surface area contributed by atoms with Gasteiger partial charge in [0.1, 0.15) is 0 Å². The van der Waals surface area contributed by atoms with Crippen molar-refractivity contribution in [2.45, 2.75) is 46.5 Å². The molecule has 0 heterocycles. The summed E-state index contributed by atoms with van der Waals surface area (Å²) in [5.41, 5.74) is 0. The Kier molecular flexibility index (Phi) is 16.1. The number of hydrogen-bond donors (Lipinski definition) is 1. The van der Waals surface area contributed by atoms with Crippen molar-refractivity contribution in [3.05, 3.63) is 0 Å². The average Bonchev–Trinajstić information content (AvgIpc) is 2.08. The molecule has 0 saturated carbocycles. The molecule has 0 radical (unpaired) electrons. The maximum Gasteiger partial charge on any atom is 0.308 e. The van der Waals surface area contributed by atoms with Gasteiger partial charge in [-0.2, -0.15) is 0 Å². The normalized spacial score (nSPS) is 8.62. The van der Waals surface area contributed by atoms with E-state index in [0.29, 0.717) is 6.61 Å². The first-order chi connectivity index (χ1) is 6.22. The summed E-state index contributed by atoms with van der Waals surface area (Å²) < 4.78 is 4.48. The first kappa shape index (κ1) is 14.9. The van der Waals surface area contributed by atoms with E-state index >= 15 is 0 Å². The highest BCUT2D eigenvalue weighted by Crippen LogP contribution is 1.88. The van der Waals surface area contributed by atoms with Gasteiger partial charge in [-0.25, -0.2) is 0 Å². The summed E-state index contributed by atoms with van der Waals surface area (Å²) in [4.78, 5) is 10.3. The van der Waals surface area contributed by atoms with E-state index in [-0.39, 0.29) is 19.0 Å². The van der Waals surface area contributed by atoms with Crippen LogP contribution in [0.4, 0.5) is 0 Å². The molecule has 0 aromatic heterocycles. The molecule has 1 N–H and O–H groups in total. The van der Waals surface area contributed by atoms with Crippen molar-refractivity contribution in [1.82, 2.24) is 0 Å². The van der Waals surface area contributed by atoms with Crippen molar-refractivity contribution in [3.8, 4) is 0 Å². The number of hydrogen-bond acceptors (Lipinski definition) is 3. The molecule has 0 fully saturated rings. The molecule has 0 aromatic carbocycles. The molecule has 0 spiro atoms. The van der Waals surface area contributed by atoms with Gasteiger partial charge < -0.3 is 9.84 Å². The van der Waals surface area contributed by atoms with Gasteiger partial charge in [-0.05, 0) is 6.92 Å². The molecule has 0 aromatic rings. The zero-order chi connectivity index (χ0) is 10.5. The van der Waals surface area contributed by atoms with Crippen LogP contribution in [0.15, 0.2) is 0 Å². The van der Waals surface area contributed by atoms with Crippen LogP contribution in [-0.4, -0.2) is 24.3 Å². The van der Waals surface area contributed by atoms with Gasteiger partial charge in [0.25, 0.3) is 0 Å². The van der Waals surface area contributed by atoms with E-state index in [1.165, 1.54) is 19.3 Å². The summed E-state index contributed by atoms with van der Waals surface area (Å²) in [5, 5.41) is 8.16. The topological polar surface area (TPSA) is 46.5 Å². The highest BCUT2D eigenvalue weighted by Gasteiger charge is 1.96. The Bertz CT molecular complexity index is 92.3. The van der Waals surface area contributed by atoms with Crippen molar-refractivity contribution in [1.29, 1.82) is 0 Å². The number of aliphatic hydroxyl groups excluding tert-OH is 1. The molecule has 3 nitrogen and oxygen atoms in total. The number of ether oxygens (including phenoxy) is 1. The standard InChI is InChI=1S/C5H10O3.C5H12/c1-2-8-5(7)3-4-6;1-3-5-4-2/h6H,2-4H2,1H3;3-5H2,1-2H3. The van der Waals surface area contributed by atoms with Gasteiger partial charge in [0, 0.05) is 0 Å². The quantitative estimate of drug-likeness (QED) is 0.675. The van der Waals surface area contributed by atoms with E-state index in [1.54, 1.807) is 6.92 Å². The van der Waals surface area contributed by atoms with E-state index in [2.05, 4.69) is 18.6 Å². The lowest BCUT2D eigenvalue weighted by Crippen LogP contribution is -2.05. The smallest absolute Gasteiger partial charge is 0.308 e. The van der Waals surface area contributed by atoms with Gasteiger partial charge in [0.15, 0.2) is 0 Å². The molecule has 0 unspecified atom stereocenters. The molecule has 0 aliphatic carbocycles. The second kappa shape index (κ2) is 14.0. The van der Waals surface area contributed by atoms with Gasteiger partial charge in [-0.15, -0.1) is 0 Å². The lowest BCUT2D eigenvalue weighted by Gasteiger charge is -1.96. The maximum atomic E-state index is 10.3. The van der Waals surface area contributed by atoms with Gasteiger partial charge in [-0.3, -0.25) is 4.79 Å². The van der Waals surface area contributed by atoms with Crippen molar-refractivity contribution in [2.75, 3.05) is 13.2 Å². The van der Waals surface area contributed by atoms with E-state index in [4.69, 9.17) is 5.11 Å². The highest BCUT2D eigenvalue weighted by molar-refractivity contribution is 5.69. The summed E-state index contributed by atoms with van der Waals surface area (Å²) in [6.45, 7) is 6.42. The zero-order valence-electron chi connectivity index (χ0n) is 9.01. The second-order valence-corrected chi connectivity index (χ2v) is 2.63. The Morgan fingerprint density at radius 2 is 1.77 bits per heavy atom. The van der Waals surface area contributed by atoms with Gasteiger partial charge >= 0.3 is 5.97 Å². The van der Waals surface area contributed by atoms with Crippen LogP contribution in [0.25, 0.3) is 0 Å². The van der Waals surface area contributed by atoms with Crippen LogP contribution in [-0.2, 0) is 9.53 Å². The third-order valence-electron chi connectivity index (χ3n) is 1.33. The third-order valence-corrected chi connectivity index (χ3v) is 1.33. The maximum absolute atomic E-state index is 10.3. The molecule has 3 heteroatoms. The van der Waals surface area contributed by atoms with E-state index in [0.717, 1.165) is 0 Å². The van der Waals surface area contributed by atoms with Gasteiger partial charge in [0.2, 0.25) is 0 Å². The van der Waals surface area contributed by atoms with Crippen LogP contribution in [0.3, 0.4) is 0 Å². The van der Waals surface area contributed by atoms with Crippen molar-refractivity contribution >= 4 is 5.97 Å². The van der Waals surface area contributed by atoms with Gasteiger partial charge in [-0.1, -0.05) is 33.1 Å². The lowest BCUT2D eigenvalue weighted by molar-refractivity contribution is -0.143.